The second-order valence-electron chi connectivity index (χ2n) is 4.00. The van der Waals surface area contributed by atoms with Crippen LogP contribution in [0.25, 0.3) is 0 Å². The van der Waals surface area contributed by atoms with E-state index in [1.807, 2.05) is 19.1 Å². The van der Waals surface area contributed by atoms with Gasteiger partial charge in [-0.1, -0.05) is 29.8 Å². The molecule has 0 aliphatic heterocycles. The van der Waals surface area contributed by atoms with Crippen molar-refractivity contribution < 1.29 is 8.78 Å². The highest BCUT2D eigenvalue weighted by atomic mass is 35.5. The van der Waals surface area contributed by atoms with Crippen molar-refractivity contribution in [1.82, 2.24) is 0 Å². The third-order valence-corrected chi connectivity index (χ3v) is 3.05. The molecule has 3 heteroatoms. The Morgan fingerprint density at radius 3 is 2.47 bits per heavy atom. The average Bonchev–Trinajstić information content (AvgIpc) is 2.27. The molecule has 0 aliphatic carbocycles. The molecule has 0 radical (unpaired) electrons. The SMILES string of the molecule is Cc1ccc(Cc2ccc(F)cc2F)cc1Cl. The third kappa shape index (κ3) is 2.83. The zero-order valence-corrected chi connectivity index (χ0v) is 10.1. The van der Waals surface area contributed by atoms with Gasteiger partial charge in [0.05, 0.1) is 0 Å². The van der Waals surface area contributed by atoms with Crippen molar-refractivity contribution in [2.45, 2.75) is 13.3 Å². The summed E-state index contributed by atoms with van der Waals surface area (Å²) < 4.78 is 26.2. The Balaban J connectivity index is 2.28. The molecule has 88 valence electrons. The van der Waals surface area contributed by atoms with Crippen LogP contribution in [0.4, 0.5) is 8.78 Å². The van der Waals surface area contributed by atoms with Crippen LogP contribution in [0.15, 0.2) is 36.4 Å². The van der Waals surface area contributed by atoms with E-state index in [1.54, 1.807) is 6.07 Å². The van der Waals surface area contributed by atoms with Crippen LogP contribution < -0.4 is 0 Å². The molecule has 0 saturated heterocycles. The molecule has 0 spiro atoms. The second-order valence-corrected chi connectivity index (χ2v) is 4.40. The first-order valence-electron chi connectivity index (χ1n) is 5.25. The maximum atomic E-state index is 13.4. The zero-order chi connectivity index (χ0) is 12.4. The predicted molar refractivity (Wildman–Crippen MR) is 65.4 cm³/mol. The van der Waals surface area contributed by atoms with Crippen LogP contribution in [-0.2, 0) is 6.42 Å². The van der Waals surface area contributed by atoms with Gasteiger partial charge in [0.25, 0.3) is 0 Å². The van der Waals surface area contributed by atoms with Crippen molar-refractivity contribution in [2.75, 3.05) is 0 Å². The fourth-order valence-electron chi connectivity index (χ4n) is 1.63. The predicted octanol–water partition coefficient (Wildman–Crippen LogP) is 4.52. The molecule has 0 heterocycles. The molecular weight excluding hydrogens is 242 g/mol. The first-order valence-corrected chi connectivity index (χ1v) is 5.63. The molecule has 0 nitrogen and oxygen atoms in total. The molecule has 2 aromatic carbocycles. The number of benzene rings is 2. The van der Waals surface area contributed by atoms with Gasteiger partial charge in [0.2, 0.25) is 0 Å². The Bertz CT molecular complexity index is 550. The van der Waals surface area contributed by atoms with Gasteiger partial charge in [-0.3, -0.25) is 0 Å². The maximum Gasteiger partial charge on any atom is 0.129 e. The first kappa shape index (κ1) is 12.1. The smallest absolute Gasteiger partial charge is 0.129 e. The summed E-state index contributed by atoms with van der Waals surface area (Å²) in [6.45, 7) is 1.91. The minimum absolute atomic E-state index is 0.409. The van der Waals surface area contributed by atoms with Crippen molar-refractivity contribution in [3.63, 3.8) is 0 Å². The molecular formula is C14H11ClF2. The molecule has 0 bridgehead atoms. The summed E-state index contributed by atoms with van der Waals surface area (Å²) in [6.07, 6.45) is 0.409. The summed E-state index contributed by atoms with van der Waals surface area (Å²) in [5.74, 6) is -1.09. The molecule has 0 unspecified atom stereocenters. The van der Waals surface area contributed by atoms with E-state index in [0.717, 1.165) is 17.2 Å². The van der Waals surface area contributed by atoms with Crippen LogP contribution in [0, 0.1) is 18.6 Å². The molecule has 2 aromatic rings. The van der Waals surface area contributed by atoms with Crippen molar-refractivity contribution >= 4 is 11.6 Å². The number of hydrogen-bond donors (Lipinski definition) is 0. The van der Waals surface area contributed by atoms with Gasteiger partial charge in [0.15, 0.2) is 0 Å². The molecule has 0 saturated carbocycles. The third-order valence-electron chi connectivity index (χ3n) is 2.65. The van der Waals surface area contributed by atoms with Crippen LogP contribution >= 0.6 is 11.6 Å². The monoisotopic (exact) mass is 252 g/mol. The fourth-order valence-corrected chi connectivity index (χ4v) is 1.83. The highest BCUT2D eigenvalue weighted by Gasteiger charge is 2.05. The van der Waals surface area contributed by atoms with Gasteiger partial charge in [-0.05, 0) is 35.7 Å². The highest BCUT2D eigenvalue weighted by molar-refractivity contribution is 6.31. The van der Waals surface area contributed by atoms with E-state index >= 15 is 0 Å². The summed E-state index contributed by atoms with van der Waals surface area (Å²) >= 11 is 5.99. The lowest BCUT2D eigenvalue weighted by Crippen LogP contribution is -1.94. The number of rotatable bonds is 2. The van der Waals surface area contributed by atoms with Gasteiger partial charge < -0.3 is 0 Å². The fraction of sp³-hybridized carbons (Fsp3) is 0.143. The molecule has 0 amide bonds. The van der Waals surface area contributed by atoms with E-state index in [9.17, 15) is 8.78 Å². The summed E-state index contributed by atoms with van der Waals surface area (Å²) in [6, 6.07) is 9.20. The van der Waals surface area contributed by atoms with Crippen LogP contribution in [0.5, 0.6) is 0 Å². The Labute approximate surface area is 104 Å². The average molecular weight is 253 g/mol. The van der Waals surface area contributed by atoms with E-state index in [-0.39, 0.29) is 0 Å². The minimum Gasteiger partial charge on any atom is -0.207 e. The molecule has 0 atom stereocenters. The lowest BCUT2D eigenvalue weighted by molar-refractivity contribution is 0.574. The van der Waals surface area contributed by atoms with Gasteiger partial charge in [-0.15, -0.1) is 0 Å². The van der Waals surface area contributed by atoms with Gasteiger partial charge in [-0.2, -0.15) is 0 Å². The van der Waals surface area contributed by atoms with E-state index in [1.165, 1.54) is 12.1 Å². The molecule has 0 fully saturated rings. The molecule has 0 aromatic heterocycles. The topological polar surface area (TPSA) is 0 Å². The molecule has 17 heavy (non-hydrogen) atoms. The van der Waals surface area contributed by atoms with E-state index in [2.05, 4.69) is 0 Å². The van der Waals surface area contributed by atoms with E-state index in [0.29, 0.717) is 17.0 Å². The van der Waals surface area contributed by atoms with Crippen LogP contribution in [0.3, 0.4) is 0 Å². The number of hydrogen-bond acceptors (Lipinski definition) is 0. The molecule has 0 N–H and O–H groups in total. The Kier molecular flexibility index (Phi) is 3.43. The zero-order valence-electron chi connectivity index (χ0n) is 9.31. The Hall–Kier alpha value is -1.41. The number of aryl methyl sites for hydroxylation is 1. The van der Waals surface area contributed by atoms with Gasteiger partial charge in [-0.25, -0.2) is 8.78 Å². The summed E-state index contributed by atoms with van der Waals surface area (Å²) in [5, 5.41) is 0.657. The highest BCUT2D eigenvalue weighted by Crippen LogP contribution is 2.20. The van der Waals surface area contributed by atoms with E-state index in [4.69, 9.17) is 11.6 Å². The summed E-state index contributed by atoms with van der Waals surface area (Å²) in [4.78, 5) is 0. The standard InChI is InChI=1S/C14H11ClF2/c1-9-2-3-10(7-13(9)15)6-11-4-5-12(16)8-14(11)17/h2-5,7-8H,6H2,1H3. The van der Waals surface area contributed by atoms with Gasteiger partial charge >= 0.3 is 0 Å². The van der Waals surface area contributed by atoms with Crippen molar-refractivity contribution in [1.29, 1.82) is 0 Å². The van der Waals surface area contributed by atoms with Gasteiger partial charge in [0.1, 0.15) is 11.6 Å². The van der Waals surface area contributed by atoms with Crippen molar-refractivity contribution in [3.8, 4) is 0 Å². The summed E-state index contributed by atoms with van der Waals surface area (Å²) in [5.41, 5.74) is 2.35. The quantitative estimate of drug-likeness (QED) is 0.737. The lowest BCUT2D eigenvalue weighted by Gasteiger charge is -2.05. The van der Waals surface area contributed by atoms with Crippen molar-refractivity contribution in [3.05, 3.63) is 69.7 Å². The van der Waals surface area contributed by atoms with Gasteiger partial charge in [0, 0.05) is 17.5 Å². The largest absolute Gasteiger partial charge is 0.207 e. The van der Waals surface area contributed by atoms with Crippen molar-refractivity contribution in [2.24, 2.45) is 0 Å². The second kappa shape index (κ2) is 4.84. The van der Waals surface area contributed by atoms with Crippen LogP contribution in [-0.4, -0.2) is 0 Å². The summed E-state index contributed by atoms with van der Waals surface area (Å²) in [7, 11) is 0. The van der Waals surface area contributed by atoms with Crippen LogP contribution in [0.2, 0.25) is 5.02 Å². The minimum atomic E-state index is -0.562. The lowest BCUT2D eigenvalue weighted by atomic mass is 10.0. The van der Waals surface area contributed by atoms with E-state index < -0.39 is 11.6 Å². The maximum absolute atomic E-state index is 13.4. The Morgan fingerprint density at radius 2 is 1.82 bits per heavy atom. The normalized spacial score (nSPS) is 10.6. The molecule has 2 rings (SSSR count). The number of halogens is 3. The first-order chi connectivity index (χ1) is 8.06. The van der Waals surface area contributed by atoms with Crippen LogP contribution in [0.1, 0.15) is 16.7 Å². The Morgan fingerprint density at radius 1 is 1.06 bits per heavy atom. The molecule has 0 aliphatic rings.